The standard InChI is InChI=1S/C13H15F7O4/c1-23-9(21)8-4-2-7(3-5-8)6-24-10(22)11(14,15)12(16,17)13(18,19)20/h7-8H,2-6H2,1H3. The highest BCUT2D eigenvalue weighted by atomic mass is 19.4. The molecule has 11 heteroatoms. The number of rotatable bonds is 5. The highest BCUT2D eigenvalue weighted by molar-refractivity contribution is 5.79. The van der Waals surface area contributed by atoms with Gasteiger partial charge in [-0.05, 0) is 31.6 Å². The monoisotopic (exact) mass is 368 g/mol. The summed E-state index contributed by atoms with van der Waals surface area (Å²) in [6.07, 6.45) is -5.45. The number of carbonyl (C=O) groups excluding carboxylic acids is 2. The van der Waals surface area contributed by atoms with Gasteiger partial charge in [0.15, 0.2) is 0 Å². The number of hydrogen-bond donors (Lipinski definition) is 0. The van der Waals surface area contributed by atoms with Crippen molar-refractivity contribution in [1.82, 2.24) is 0 Å². The van der Waals surface area contributed by atoms with Crippen LogP contribution in [-0.2, 0) is 19.1 Å². The van der Waals surface area contributed by atoms with Crippen LogP contribution in [-0.4, -0.2) is 43.7 Å². The Morgan fingerprint density at radius 2 is 1.46 bits per heavy atom. The summed E-state index contributed by atoms with van der Waals surface area (Å²) in [5.41, 5.74) is 0. The number of carbonyl (C=O) groups is 2. The highest BCUT2D eigenvalue weighted by Crippen LogP contribution is 2.47. The molecular formula is C13H15F7O4. The molecule has 140 valence electrons. The molecule has 1 rings (SSSR count). The van der Waals surface area contributed by atoms with Crippen molar-refractivity contribution in [2.45, 2.75) is 43.7 Å². The number of alkyl halides is 7. The fourth-order valence-corrected chi connectivity index (χ4v) is 2.32. The molecule has 0 aromatic carbocycles. The minimum Gasteiger partial charge on any atom is -0.469 e. The molecule has 0 heterocycles. The summed E-state index contributed by atoms with van der Waals surface area (Å²) in [6, 6.07) is 0. The van der Waals surface area contributed by atoms with Crippen LogP contribution in [0.1, 0.15) is 25.7 Å². The van der Waals surface area contributed by atoms with Crippen molar-refractivity contribution < 1.29 is 49.8 Å². The predicted octanol–water partition coefficient (Wildman–Crippen LogP) is 3.34. The third-order valence-electron chi connectivity index (χ3n) is 3.84. The average molecular weight is 368 g/mol. The molecule has 0 N–H and O–H groups in total. The molecule has 0 radical (unpaired) electrons. The maximum Gasteiger partial charge on any atom is 0.460 e. The first kappa shape index (κ1) is 20.5. The highest BCUT2D eigenvalue weighted by Gasteiger charge is 2.77. The van der Waals surface area contributed by atoms with Crippen LogP contribution in [0.15, 0.2) is 0 Å². The molecule has 1 fully saturated rings. The fourth-order valence-electron chi connectivity index (χ4n) is 2.32. The van der Waals surface area contributed by atoms with Gasteiger partial charge < -0.3 is 9.47 Å². The van der Waals surface area contributed by atoms with Crippen molar-refractivity contribution in [3.05, 3.63) is 0 Å². The van der Waals surface area contributed by atoms with Gasteiger partial charge in [-0.25, -0.2) is 4.79 Å². The molecule has 24 heavy (non-hydrogen) atoms. The molecule has 0 atom stereocenters. The van der Waals surface area contributed by atoms with Crippen LogP contribution in [0.2, 0.25) is 0 Å². The first-order valence-electron chi connectivity index (χ1n) is 6.92. The van der Waals surface area contributed by atoms with E-state index in [4.69, 9.17) is 0 Å². The summed E-state index contributed by atoms with van der Waals surface area (Å²) in [5.74, 6) is -16.8. The van der Waals surface area contributed by atoms with Crippen LogP contribution in [0.3, 0.4) is 0 Å². The Morgan fingerprint density at radius 1 is 0.958 bits per heavy atom. The van der Waals surface area contributed by atoms with Gasteiger partial charge in [0.25, 0.3) is 0 Å². The zero-order valence-corrected chi connectivity index (χ0v) is 12.5. The van der Waals surface area contributed by atoms with Crippen molar-refractivity contribution in [3.8, 4) is 0 Å². The van der Waals surface area contributed by atoms with Gasteiger partial charge in [-0.2, -0.15) is 30.7 Å². The smallest absolute Gasteiger partial charge is 0.460 e. The lowest BCUT2D eigenvalue weighted by atomic mass is 9.82. The van der Waals surface area contributed by atoms with Crippen LogP contribution in [0.25, 0.3) is 0 Å². The third kappa shape index (κ3) is 4.10. The Hall–Kier alpha value is -1.55. The third-order valence-corrected chi connectivity index (χ3v) is 3.84. The summed E-state index contributed by atoms with van der Waals surface area (Å²) in [4.78, 5) is 22.3. The molecule has 0 bridgehead atoms. The Morgan fingerprint density at radius 3 is 1.88 bits per heavy atom. The SMILES string of the molecule is COC(=O)C1CCC(COC(=O)C(F)(F)C(F)(F)C(F)(F)F)CC1. The summed E-state index contributed by atoms with van der Waals surface area (Å²) >= 11 is 0. The van der Waals surface area contributed by atoms with E-state index in [2.05, 4.69) is 9.47 Å². The Balaban J connectivity index is 2.57. The molecule has 0 aromatic rings. The number of methoxy groups -OCH3 is 1. The van der Waals surface area contributed by atoms with E-state index in [0.29, 0.717) is 12.8 Å². The van der Waals surface area contributed by atoms with Gasteiger partial charge >= 0.3 is 30.0 Å². The van der Waals surface area contributed by atoms with E-state index in [1.54, 1.807) is 0 Å². The van der Waals surface area contributed by atoms with E-state index < -0.39 is 48.4 Å². The molecule has 0 saturated heterocycles. The van der Waals surface area contributed by atoms with Gasteiger partial charge in [-0.3, -0.25) is 4.79 Å². The zero-order chi connectivity index (χ0) is 18.8. The Bertz CT molecular complexity index is 467. The van der Waals surface area contributed by atoms with Gasteiger partial charge in [-0.15, -0.1) is 0 Å². The van der Waals surface area contributed by atoms with Crippen LogP contribution in [0, 0.1) is 11.8 Å². The number of halogens is 7. The largest absolute Gasteiger partial charge is 0.469 e. The van der Waals surface area contributed by atoms with Crippen molar-refractivity contribution in [3.63, 3.8) is 0 Å². The lowest BCUT2D eigenvalue weighted by Gasteiger charge is -2.29. The molecule has 0 amide bonds. The van der Waals surface area contributed by atoms with Crippen molar-refractivity contribution in [2.75, 3.05) is 13.7 Å². The number of ether oxygens (including phenoxy) is 2. The first-order chi connectivity index (χ1) is 10.8. The van der Waals surface area contributed by atoms with E-state index in [0.717, 1.165) is 0 Å². The minimum absolute atomic E-state index is 0.258. The van der Waals surface area contributed by atoms with Gasteiger partial charge in [0.05, 0.1) is 19.6 Å². The quantitative estimate of drug-likeness (QED) is 0.552. The normalized spacial score (nSPS) is 22.8. The zero-order valence-electron chi connectivity index (χ0n) is 12.5. The number of esters is 2. The maximum atomic E-state index is 13.1. The van der Waals surface area contributed by atoms with Crippen LogP contribution >= 0.6 is 0 Å². The second-order valence-electron chi connectivity index (χ2n) is 5.49. The molecule has 1 aliphatic carbocycles. The maximum absolute atomic E-state index is 13.1. The van der Waals surface area contributed by atoms with Crippen molar-refractivity contribution in [1.29, 1.82) is 0 Å². The van der Waals surface area contributed by atoms with Crippen LogP contribution in [0.5, 0.6) is 0 Å². The van der Waals surface area contributed by atoms with E-state index in [1.165, 1.54) is 7.11 Å². The van der Waals surface area contributed by atoms with E-state index in [9.17, 15) is 40.3 Å². The molecule has 4 nitrogen and oxygen atoms in total. The molecule has 0 unspecified atom stereocenters. The van der Waals surface area contributed by atoms with E-state index in [1.807, 2.05) is 0 Å². The summed E-state index contributed by atoms with van der Waals surface area (Å²) in [6.45, 7) is -0.726. The van der Waals surface area contributed by atoms with Crippen molar-refractivity contribution in [2.24, 2.45) is 11.8 Å². The molecule has 0 aromatic heterocycles. The van der Waals surface area contributed by atoms with E-state index in [-0.39, 0.29) is 12.8 Å². The molecular weight excluding hydrogens is 353 g/mol. The molecule has 1 saturated carbocycles. The van der Waals surface area contributed by atoms with Crippen LogP contribution in [0.4, 0.5) is 30.7 Å². The Kier molecular flexibility index (Phi) is 6.10. The average Bonchev–Trinajstić information content (AvgIpc) is 2.50. The minimum atomic E-state index is -6.59. The first-order valence-corrected chi connectivity index (χ1v) is 6.92. The topological polar surface area (TPSA) is 52.6 Å². The predicted molar refractivity (Wildman–Crippen MR) is 64.4 cm³/mol. The second-order valence-corrected chi connectivity index (χ2v) is 5.49. The van der Waals surface area contributed by atoms with E-state index >= 15 is 0 Å². The summed E-state index contributed by atoms with van der Waals surface area (Å²) in [7, 11) is 1.19. The lowest BCUT2D eigenvalue weighted by molar-refractivity contribution is -0.348. The van der Waals surface area contributed by atoms with Crippen molar-refractivity contribution >= 4 is 11.9 Å². The summed E-state index contributed by atoms with van der Waals surface area (Å²) < 4.78 is 95.8. The number of hydrogen-bond acceptors (Lipinski definition) is 4. The van der Waals surface area contributed by atoms with Gasteiger partial charge in [0.1, 0.15) is 0 Å². The summed E-state index contributed by atoms with van der Waals surface area (Å²) in [5, 5.41) is 0. The van der Waals surface area contributed by atoms with Crippen LogP contribution < -0.4 is 0 Å². The Labute approximate surface area is 132 Å². The van der Waals surface area contributed by atoms with Gasteiger partial charge in [-0.1, -0.05) is 0 Å². The molecule has 0 spiro atoms. The second kappa shape index (κ2) is 7.14. The fraction of sp³-hybridized carbons (Fsp3) is 0.846. The molecule has 1 aliphatic rings. The van der Waals surface area contributed by atoms with Gasteiger partial charge in [0, 0.05) is 0 Å². The molecule has 0 aliphatic heterocycles. The van der Waals surface area contributed by atoms with Gasteiger partial charge in [0.2, 0.25) is 0 Å². The lowest BCUT2D eigenvalue weighted by Crippen LogP contribution is -2.56.